The second kappa shape index (κ2) is 5.32. The Morgan fingerprint density at radius 1 is 1.53 bits per heavy atom. The van der Waals surface area contributed by atoms with Gasteiger partial charge in [-0.2, -0.15) is 0 Å². The normalized spacial score (nSPS) is 19.3. The summed E-state index contributed by atoms with van der Waals surface area (Å²) in [6.45, 7) is 6.78. The van der Waals surface area contributed by atoms with Gasteiger partial charge >= 0.3 is 0 Å². The summed E-state index contributed by atoms with van der Waals surface area (Å²) in [6.07, 6.45) is 1.06. The Morgan fingerprint density at radius 3 is 2.94 bits per heavy atom. The van der Waals surface area contributed by atoms with Gasteiger partial charge in [0.2, 0.25) is 0 Å². The van der Waals surface area contributed by atoms with Crippen LogP contribution in [0.2, 0.25) is 0 Å². The van der Waals surface area contributed by atoms with Crippen molar-refractivity contribution in [3.05, 3.63) is 35.4 Å². The predicted molar refractivity (Wildman–Crippen MR) is 69.2 cm³/mol. The van der Waals surface area contributed by atoms with Crippen LogP contribution in [0.1, 0.15) is 29.3 Å². The molecule has 1 heterocycles. The van der Waals surface area contributed by atoms with Gasteiger partial charge in [-0.3, -0.25) is 4.79 Å². The van der Waals surface area contributed by atoms with Crippen LogP contribution in [0.25, 0.3) is 0 Å². The van der Waals surface area contributed by atoms with Gasteiger partial charge in [0.15, 0.2) is 0 Å². The average Bonchev–Trinajstić information content (AvgIpc) is 2.83. The number of benzene rings is 1. The van der Waals surface area contributed by atoms with Crippen LogP contribution in [0, 0.1) is 6.92 Å². The molecule has 1 aromatic rings. The Kier molecular flexibility index (Phi) is 3.79. The Labute approximate surface area is 103 Å². The summed E-state index contributed by atoms with van der Waals surface area (Å²) in [4.78, 5) is 14.4. The highest BCUT2D eigenvalue weighted by Gasteiger charge is 2.25. The smallest absolute Gasteiger partial charge is 0.254 e. The third kappa shape index (κ3) is 2.67. The molecule has 1 N–H and O–H groups in total. The molecule has 0 aliphatic carbocycles. The molecular weight excluding hydrogens is 212 g/mol. The number of carbonyl (C=O) groups excluding carboxylic acids is 1. The molecule has 0 radical (unpaired) electrons. The van der Waals surface area contributed by atoms with Crippen molar-refractivity contribution in [2.75, 3.05) is 19.6 Å². The molecule has 3 heteroatoms. The van der Waals surface area contributed by atoms with Crippen LogP contribution in [-0.2, 0) is 0 Å². The number of aryl methyl sites for hydroxylation is 1. The van der Waals surface area contributed by atoms with Crippen LogP contribution >= 0.6 is 0 Å². The topological polar surface area (TPSA) is 32.3 Å². The van der Waals surface area contributed by atoms with Crippen molar-refractivity contribution in [1.29, 1.82) is 0 Å². The quantitative estimate of drug-likeness (QED) is 0.862. The van der Waals surface area contributed by atoms with Crippen molar-refractivity contribution in [1.82, 2.24) is 10.2 Å². The zero-order valence-corrected chi connectivity index (χ0v) is 10.6. The molecule has 3 nitrogen and oxygen atoms in total. The molecule has 1 fully saturated rings. The van der Waals surface area contributed by atoms with E-state index < -0.39 is 0 Å². The lowest BCUT2D eigenvalue weighted by Gasteiger charge is -2.27. The molecule has 1 aliphatic heterocycles. The first kappa shape index (κ1) is 12.1. The van der Waals surface area contributed by atoms with E-state index in [0.29, 0.717) is 6.04 Å². The summed E-state index contributed by atoms with van der Waals surface area (Å²) < 4.78 is 0. The molecule has 1 atom stereocenters. The SMILES string of the molecule is CCN(C(=O)c1cccc(C)c1)C1CCNC1. The average molecular weight is 232 g/mol. The van der Waals surface area contributed by atoms with Gasteiger partial charge < -0.3 is 10.2 Å². The molecule has 0 saturated carbocycles. The Balaban J connectivity index is 2.16. The van der Waals surface area contributed by atoms with Gasteiger partial charge in [-0.25, -0.2) is 0 Å². The van der Waals surface area contributed by atoms with Crippen LogP contribution in [0.15, 0.2) is 24.3 Å². The molecular formula is C14H20N2O. The number of carbonyl (C=O) groups is 1. The Morgan fingerprint density at radius 2 is 2.35 bits per heavy atom. The number of amides is 1. The first-order valence-electron chi connectivity index (χ1n) is 6.30. The highest BCUT2D eigenvalue weighted by Crippen LogP contribution is 2.14. The summed E-state index contributed by atoms with van der Waals surface area (Å²) in [5, 5.41) is 3.31. The van der Waals surface area contributed by atoms with Crippen molar-refractivity contribution in [3.8, 4) is 0 Å². The summed E-state index contributed by atoms with van der Waals surface area (Å²) >= 11 is 0. The highest BCUT2D eigenvalue weighted by atomic mass is 16.2. The first-order valence-corrected chi connectivity index (χ1v) is 6.30. The molecule has 0 spiro atoms. The molecule has 2 rings (SSSR count). The number of nitrogens with zero attached hydrogens (tertiary/aromatic N) is 1. The van der Waals surface area contributed by atoms with E-state index in [2.05, 4.69) is 5.32 Å². The minimum atomic E-state index is 0.157. The van der Waals surface area contributed by atoms with Crippen molar-refractivity contribution in [2.45, 2.75) is 26.3 Å². The van der Waals surface area contributed by atoms with Gasteiger partial charge in [-0.15, -0.1) is 0 Å². The fraction of sp³-hybridized carbons (Fsp3) is 0.500. The standard InChI is InChI=1S/C14H20N2O/c1-3-16(13-7-8-15-10-13)14(17)12-6-4-5-11(2)9-12/h4-6,9,13,15H,3,7-8,10H2,1-2H3. The fourth-order valence-corrected chi connectivity index (χ4v) is 2.42. The molecule has 1 aliphatic rings. The minimum absolute atomic E-state index is 0.157. The van der Waals surface area contributed by atoms with E-state index in [1.165, 1.54) is 0 Å². The number of hydrogen-bond acceptors (Lipinski definition) is 2. The van der Waals surface area contributed by atoms with Crippen LogP contribution in [0.5, 0.6) is 0 Å². The number of rotatable bonds is 3. The van der Waals surface area contributed by atoms with Gasteiger partial charge in [0.25, 0.3) is 5.91 Å². The lowest BCUT2D eigenvalue weighted by Crippen LogP contribution is -2.41. The molecule has 1 amide bonds. The van der Waals surface area contributed by atoms with E-state index in [4.69, 9.17) is 0 Å². The second-order valence-electron chi connectivity index (χ2n) is 4.61. The fourth-order valence-electron chi connectivity index (χ4n) is 2.42. The van der Waals surface area contributed by atoms with Crippen molar-refractivity contribution >= 4 is 5.91 Å². The highest BCUT2D eigenvalue weighted by molar-refractivity contribution is 5.94. The minimum Gasteiger partial charge on any atom is -0.335 e. The number of hydrogen-bond donors (Lipinski definition) is 1. The molecule has 1 unspecified atom stereocenters. The Bertz CT molecular complexity index is 397. The molecule has 1 aromatic carbocycles. The largest absolute Gasteiger partial charge is 0.335 e. The van der Waals surface area contributed by atoms with E-state index in [1.807, 2.05) is 43.0 Å². The lowest BCUT2D eigenvalue weighted by molar-refractivity contribution is 0.0703. The summed E-state index contributed by atoms with van der Waals surface area (Å²) in [7, 11) is 0. The van der Waals surface area contributed by atoms with E-state index in [0.717, 1.165) is 37.2 Å². The van der Waals surface area contributed by atoms with Crippen molar-refractivity contribution < 1.29 is 4.79 Å². The van der Waals surface area contributed by atoms with E-state index in [-0.39, 0.29) is 5.91 Å². The van der Waals surface area contributed by atoms with Crippen LogP contribution in [0.4, 0.5) is 0 Å². The van der Waals surface area contributed by atoms with E-state index >= 15 is 0 Å². The molecule has 1 saturated heterocycles. The van der Waals surface area contributed by atoms with Gasteiger partial charge in [0.1, 0.15) is 0 Å². The van der Waals surface area contributed by atoms with Crippen LogP contribution in [-0.4, -0.2) is 36.5 Å². The van der Waals surface area contributed by atoms with Crippen LogP contribution < -0.4 is 5.32 Å². The third-order valence-corrected chi connectivity index (χ3v) is 3.34. The first-order chi connectivity index (χ1) is 8.22. The van der Waals surface area contributed by atoms with Gasteiger partial charge in [-0.1, -0.05) is 17.7 Å². The molecule has 17 heavy (non-hydrogen) atoms. The Hall–Kier alpha value is -1.35. The van der Waals surface area contributed by atoms with Crippen LogP contribution in [0.3, 0.4) is 0 Å². The maximum absolute atomic E-state index is 12.4. The molecule has 0 aromatic heterocycles. The predicted octanol–water partition coefficient (Wildman–Crippen LogP) is 1.82. The third-order valence-electron chi connectivity index (χ3n) is 3.34. The summed E-state index contributed by atoms with van der Waals surface area (Å²) in [5.41, 5.74) is 1.94. The lowest BCUT2D eigenvalue weighted by atomic mass is 10.1. The van der Waals surface area contributed by atoms with E-state index in [9.17, 15) is 4.79 Å². The summed E-state index contributed by atoms with van der Waals surface area (Å²) in [5.74, 6) is 0.157. The van der Waals surface area contributed by atoms with Crippen molar-refractivity contribution in [3.63, 3.8) is 0 Å². The van der Waals surface area contributed by atoms with Gasteiger partial charge in [0.05, 0.1) is 0 Å². The number of nitrogens with one attached hydrogen (secondary N) is 1. The zero-order chi connectivity index (χ0) is 12.3. The maximum atomic E-state index is 12.4. The summed E-state index contributed by atoms with van der Waals surface area (Å²) in [6, 6.07) is 8.19. The zero-order valence-electron chi connectivity index (χ0n) is 10.6. The van der Waals surface area contributed by atoms with E-state index in [1.54, 1.807) is 0 Å². The monoisotopic (exact) mass is 232 g/mol. The van der Waals surface area contributed by atoms with Crippen molar-refractivity contribution in [2.24, 2.45) is 0 Å². The van der Waals surface area contributed by atoms with Gasteiger partial charge in [0, 0.05) is 24.7 Å². The second-order valence-corrected chi connectivity index (χ2v) is 4.61. The molecule has 0 bridgehead atoms. The maximum Gasteiger partial charge on any atom is 0.254 e. The van der Waals surface area contributed by atoms with Gasteiger partial charge in [-0.05, 0) is 38.9 Å². The number of likely N-dealkylation sites (N-methyl/N-ethyl adjacent to an activating group) is 1. The molecule has 92 valence electrons.